The maximum atomic E-state index is 6.32. The first-order chi connectivity index (χ1) is 10.0. The van der Waals surface area contributed by atoms with E-state index >= 15 is 0 Å². The topological polar surface area (TPSA) is 42.2 Å². The molecule has 1 fully saturated rings. The number of halogens is 1. The largest absolute Gasteiger partial charge is 0.347 e. The van der Waals surface area contributed by atoms with E-state index in [0.29, 0.717) is 0 Å². The molecule has 1 aliphatic rings. The molecule has 1 aromatic heterocycles. The third kappa shape index (κ3) is 2.80. The van der Waals surface area contributed by atoms with Crippen LogP contribution in [0.25, 0.3) is 10.4 Å². The molecule has 0 bridgehead atoms. The summed E-state index contributed by atoms with van der Waals surface area (Å²) in [6.07, 6.45) is 1.13. The molecule has 2 aromatic rings. The smallest absolute Gasteiger partial charge is 0.186 e. The van der Waals surface area contributed by atoms with Gasteiger partial charge >= 0.3 is 0 Å². The molecule has 0 radical (unpaired) electrons. The van der Waals surface area contributed by atoms with Crippen molar-refractivity contribution >= 4 is 28.1 Å². The van der Waals surface area contributed by atoms with E-state index < -0.39 is 0 Å². The van der Waals surface area contributed by atoms with Crippen molar-refractivity contribution in [3.63, 3.8) is 0 Å². The molecule has 0 spiro atoms. The summed E-state index contributed by atoms with van der Waals surface area (Å²) >= 11 is 8.04. The molecule has 2 N–H and O–H groups in total. The van der Waals surface area contributed by atoms with Gasteiger partial charge in [0.15, 0.2) is 5.13 Å². The normalized spacial score (nSPS) is 22.0. The molecule has 21 heavy (non-hydrogen) atoms. The van der Waals surface area contributed by atoms with Crippen LogP contribution < -0.4 is 10.6 Å². The van der Waals surface area contributed by atoms with E-state index in [2.05, 4.69) is 24.8 Å². The number of hydrogen-bond acceptors (Lipinski definition) is 4. The Balaban J connectivity index is 1.91. The molecular formula is C16H20ClN3S. The number of hydrogen-bond donors (Lipinski definition) is 1. The van der Waals surface area contributed by atoms with Crippen LogP contribution in [0.2, 0.25) is 5.02 Å². The van der Waals surface area contributed by atoms with Crippen LogP contribution in [0.3, 0.4) is 0 Å². The van der Waals surface area contributed by atoms with E-state index in [1.54, 1.807) is 11.3 Å². The first-order valence-corrected chi connectivity index (χ1v) is 8.39. The molecule has 0 amide bonds. The molecule has 112 valence electrons. The molecule has 1 aromatic carbocycles. The van der Waals surface area contributed by atoms with Crippen molar-refractivity contribution in [2.45, 2.75) is 20.3 Å². The minimum atomic E-state index is 0.212. The maximum absolute atomic E-state index is 6.32. The van der Waals surface area contributed by atoms with Crippen LogP contribution >= 0.6 is 22.9 Å². The van der Waals surface area contributed by atoms with Crippen molar-refractivity contribution in [1.82, 2.24) is 4.98 Å². The molecule has 2 heterocycles. The average molecular weight is 322 g/mol. The van der Waals surface area contributed by atoms with Crippen LogP contribution in [-0.4, -0.2) is 24.6 Å². The zero-order valence-corrected chi connectivity index (χ0v) is 14.0. The lowest BCUT2D eigenvalue weighted by Crippen LogP contribution is -2.31. The fourth-order valence-corrected chi connectivity index (χ4v) is 4.18. The van der Waals surface area contributed by atoms with E-state index in [1.807, 2.05) is 18.2 Å². The Hall–Kier alpha value is -1.10. The number of anilines is 1. The maximum Gasteiger partial charge on any atom is 0.186 e. The van der Waals surface area contributed by atoms with Gasteiger partial charge in [-0.3, -0.25) is 0 Å². The summed E-state index contributed by atoms with van der Waals surface area (Å²) in [6, 6.07) is 7.95. The predicted molar refractivity (Wildman–Crippen MR) is 91.3 cm³/mol. The molecule has 0 aliphatic carbocycles. The summed E-state index contributed by atoms with van der Waals surface area (Å²) in [6.45, 7) is 7.05. The third-order valence-electron chi connectivity index (χ3n) is 4.22. The van der Waals surface area contributed by atoms with Gasteiger partial charge in [-0.1, -0.05) is 48.1 Å². The Kier molecular flexibility index (Phi) is 3.95. The third-order valence-corrected chi connectivity index (χ3v) is 5.81. The number of rotatable bonds is 3. The van der Waals surface area contributed by atoms with Crippen LogP contribution in [0, 0.1) is 12.3 Å². The van der Waals surface area contributed by atoms with Crippen molar-refractivity contribution < 1.29 is 0 Å². The van der Waals surface area contributed by atoms with Gasteiger partial charge in [-0.15, -0.1) is 0 Å². The lowest BCUT2D eigenvalue weighted by Gasteiger charge is -2.22. The lowest BCUT2D eigenvalue weighted by molar-refractivity contribution is 0.383. The van der Waals surface area contributed by atoms with Crippen LogP contribution in [0.5, 0.6) is 0 Å². The highest BCUT2D eigenvalue weighted by Gasteiger charge is 2.34. The van der Waals surface area contributed by atoms with Crippen LogP contribution in [0.1, 0.15) is 19.0 Å². The van der Waals surface area contributed by atoms with Crippen molar-refractivity contribution in [1.29, 1.82) is 0 Å². The van der Waals surface area contributed by atoms with Crippen molar-refractivity contribution in [2.75, 3.05) is 24.5 Å². The van der Waals surface area contributed by atoms with Gasteiger partial charge in [0.05, 0.1) is 10.6 Å². The molecule has 5 heteroatoms. The van der Waals surface area contributed by atoms with E-state index in [9.17, 15) is 0 Å². The first kappa shape index (κ1) is 14.8. The van der Waals surface area contributed by atoms with Gasteiger partial charge in [0.2, 0.25) is 0 Å². The molecular weight excluding hydrogens is 302 g/mol. The van der Waals surface area contributed by atoms with Crippen molar-refractivity contribution in [2.24, 2.45) is 11.1 Å². The molecule has 1 atom stereocenters. The van der Waals surface area contributed by atoms with Gasteiger partial charge in [-0.2, -0.15) is 0 Å². The van der Waals surface area contributed by atoms with Crippen molar-refractivity contribution in [3.8, 4) is 10.4 Å². The number of thiazole rings is 1. The van der Waals surface area contributed by atoms with Crippen LogP contribution in [-0.2, 0) is 0 Å². The summed E-state index contributed by atoms with van der Waals surface area (Å²) in [5.41, 5.74) is 8.22. The Morgan fingerprint density at radius 1 is 1.43 bits per heavy atom. The van der Waals surface area contributed by atoms with E-state index in [1.165, 1.54) is 0 Å². The quantitative estimate of drug-likeness (QED) is 0.930. The minimum absolute atomic E-state index is 0.212. The molecule has 1 unspecified atom stereocenters. The fourth-order valence-electron chi connectivity index (χ4n) is 2.77. The van der Waals surface area contributed by atoms with E-state index in [-0.39, 0.29) is 5.41 Å². The fraction of sp³-hybridized carbons (Fsp3) is 0.438. The molecule has 1 saturated heterocycles. The molecule has 3 rings (SSSR count). The minimum Gasteiger partial charge on any atom is -0.347 e. The first-order valence-electron chi connectivity index (χ1n) is 7.20. The monoisotopic (exact) mass is 321 g/mol. The Bertz CT molecular complexity index is 655. The average Bonchev–Trinajstić information content (AvgIpc) is 3.04. The predicted octanol–water partition coefficient (Wildman–Crippen LogP) is 3.95. The second kappa shape index (κ2) is 5.59. The number of benzene rings is 1. The summed E-state index contributed by atoms with van der Waals surface area (Å²) in [5.74, 6) is 0. The highest BCUT2D eigenvalue weighted by atomic mass is 35.5. The Labute approximate surface area is 134 Å². The van der Waals surface area contributed by atoms with Gasteiger partial charge < -0.3 is 10.6 Å². The molecule has 1 aliphatic heterocycles. The number of aryl methyl sites for hydroxylation is 1. The van der Waals surface area contributed by atoms with Gasteiger partial charge in [0.25, 0.3) is 0 Å². The van der Waals surface area contributed by atoms with Gasteiger partial charge in [-0.25, -0.2) is 4.98 Å². The number of aromatic nitrogens is 1. The van der Waals surface area contributed by atoms with Gasteiger partial charge in [-0.05, 0) is 31.4 Å². The summed E-state index contributed by atoms with van der Waals surface area (Å²) in [4.78, 5) is 8.27. The van der Waals surface area contributed by atoms with E-state index in [0.717, 1.165) is 52.3 Å². The standard InChI is InChI=1S/C16H20ClN3S/c1-11-14(12-5-3-4-6-13(12)17)21-15(19-11)20-8-7-16(2,9-18)10-20/h3-6H,7-10,18H2,1-2H3. The van der Waals surface area contributed by atoms with Crippen LogP contribution in [0.4, 0.5) is 5.13 Å². The molecule has 0 saturated carbocycles. The van der Waals surface area contributed by atoms with Crippen molar-refractivity contribution in [3.05, 3.63) is 35.0 Å². The van der Waals surface area contributed by atoms with Gasteiger partial charge in [0.1, 0.15) is 0 Å². The highest BCUT2D eigenvalue weighted by molar-refractivity contribution is 7.19. The number of nitrogens with two attached hydrogens (primary N) is 1. The SMILES string of the molecule is Cc1nc(N2CCC(C)(CN)C2)sc1-c1ccccc1Cl. The zero-order chi connectivity index (χ0) is 15.0. The summed E-state index contributed by atoms with van der Waals surface area (Å²) < 4.78 is 0. The number of nitrogens with zero attached hydrogens (tertiary/aromatic N) is 2. The zero-order valence-electron chi connectivity index (χ0n) is 12.4. The van der Waals surface area contributed by atoms with Crippen LogP contribution in [0.15, 0.2) is 24.3 Å². The summed E-state index contributed by atoms with van der Waals surface area (Å²) in [7, 11) is 0. The van der Waals surface area contributed by atoms with Gasteiger partial charge in [0, 0.05) is 23.7 Å². The Morgan fingerprint density at radius 3 is 2.86 bits per heavy atom. The second-order valence-corrected chi connectivity index (χ2v) is 7.46. The second-order valence-electron chi connectivity index (χ2n) is 6.08. The highest BCUT2D eigenvalue weighted by Crippen LogP contribution is 2.40. The van der Waals surface area contributed by atoms with E-state index in [4.69, 9.17) is 22.3 Å². The lowest BCUT2D eigenvalue weighted by atomic mass is 9.90. The Morgan fingerprint density at radius 2 is 2.19 bits per heavy atom. The molecule has 3 nitrogen and oxygen atoms in total. The summed E-state index contributed by atoms with van der Waals surface area (Å²) in [5, 5.41) is 1.86.